The summed E-state index contributed by atoms with van der Waals surface area (Å²) in [5, 5.41) is 2.90. The number of rotatable bonds is 9. The van der Waals surface area contributed by atoms with Crippen LogP contribution in [0, 0.1) is 5.92 Å². The molecule has 4 heteroatoms. The molecule has 0 heterocycles. The number of carbonyl (C=O) groups excluding carboxylic acids is 2. The molecule has 110 valence electrons. The van der Waals surface area contributed by atoms with Crippen molar-refractivity contribution in [3.63, 3.8) is 0 Å². The number of nitrogens with one attached hydrogen (secondary N) is 1. The normalized spacial score (nSPS) is 14.7. The number of likely N-dealkylation sites (N-methyl/N-ethyl adjacent to an activating group) is 1. The second kappa shape index (κ2) is 7.92. The fourth-order valence-electron chi connectivity index (χ4n) is 2.11. The lowest BCUT2D eigenvalue weighted by Crippen LogP contribution is -2.47. The maximum Gasteiger partial charge on any atom is 0.217 e. The summed E-state index contributed by atoms with van der Waals surface area (Å²) in [4.78, 5) is 24.6. The van der Waals surface area contributed by atoms with Crippen molar-refractivity contribution in [2.75, 3.05) is 7.05 Å². The molecule has 20 heavy (non-hydrogen) atoms. The third-order valence-electron chi connectivity index (χ3n) is 3.21. The fraction of sp³-hybridized carbons (Fsp3) is 0.500. The summed E-state index contributed by atoms with van der Waals surface area (Å²) < 4.78 is 7.33. The van der Waals surface area contributed by atoms with Crippen molar-refractivity contribution in [2.45, 2.75) is 38.8 Å². The van der Waals surface area contributed by atoms with Gasteiger partial charge in [-0.25, -0.2) is 0 Å². The molecular weight excluding hydrogens is 252 g/mol. The zero-order chi connectivity index (χ0) is 15.8. The number of Topliss-reactive ketones (excluding diaryl/α,β-unsaturated/α-hetero) is 2. The minimum absolute atomic E-state index is 0.315. The molecule has 0 radical (unpaired) electrons. The first-order valence-corrected chi connectivity index (χ1v) is 6.96. The largest absolute Gasteiger partial charge is 0.321 e. The van der Waals surface area contributed by atoms with Gasteiger partial charge in [-0.1, -0.05) is 44.2 Å². The first-order valence-electron chi connectivity index (χ1n) is 7.46. The smallest absolute Gasteiger partial charge is 0.217 e. The molecule has 0 saturated carbocycles. The summed E-state index contributed by atoms with van der Waals surface area (Å²) in [6, 6.07) is 8.11. The lowest BCUT2D eigenvalue weighted by atomic mass is 9.93. The van der Waals surface area contributed by atoms with Crippen LogP contribution in [0.4, 0.5) is 0 Å². The molecule has 0 amide bonds. The Balaban J connectivity index is 2.75. The molecule has 1 aromatic rings. The predicted octanol–water partition coefficient (Wildman–Crippen LogP) is 1.33. The molecule has 0 aliphatic heterocycles. The molecule has 0 fully saturated rings. The van der Waals surface area contributed by atoms with Crippen LogP contribution in [0.3, 0.4) is 0 Å². The fourth-order valence-corrected chi connectivity index (χ4v) is 2.11. The van der Waals surface area contributed by atoms with Crippen LogP contribution in [-0.2, 0) is 16.0 Å². The van der Waals surface area contributed by atoms with E-state index >= 15 is 0 Å². The minimum atomic E-state index is -0.803. The van der Waals surface area contributed by atoms with Gasteiger partial charge in [-0.15, -0.1) is 0 Å². The Bertz CT molecular complexity index is 463. The SMILES string of the molecule is [2H]N[C@@H](Cc1ccccc1)C(=O)C(=O)[C@H](CC(C)C)NC. The molecular formula is C16H24N2O2. The number of hydrogen-bond acceptors (Lipinski definition) is 4. The molecule has 0 aliphatic rings. The zero-order valence-corrected chi connectivity index (χ0v) is 12.3. The standard InChI is InChI=1S/C16H24N2O2/c1-11(2)9-14(18-3)16(20)15(19)13(17)10-12-7-5-4-6-8-12/h4-8,11,13-14,18H,9-10,17H2,1-3H3/t13-,14-/m0/s1/i/hD. The first kappa shape index (κ1) is 14.9. The Labute approximate surface area is 122 Å². The third kappa shape index (κ3) is 4.87. The average molecular weight is 277 g/mol. The van der Waals surface area contributed by atoms with Crippen molar-refractivity contribution in [1.82, 2.24) is 5.32 Å². The summed E-state index contributed by atoms with van der Waals surface area (Å²) in [6.45, 7) is 4.01. The van der Waals surface area contributed by atoms with Crippen molar-refractivity contribution in [1.29, 1.82) is 0 Å². The van der Waals surface area contributed by atoms with E-state index in [1.54, 1.807) is 7.05 Å². The van der Waals surface area contributed by atoms with Gasteiger partial charge in [0.25, 0.3) is 0 Å². The Hall–Kier alpha value is -1.52. The van der Waals surface area contributed by atoms with E-state index in [9.17, 15) is 9.59 Å². The third-order valence-corrected chi connectivity index (χ3v) is 3.21. The van der Waals surface area contributed by atoms with E-state index in [2.05, 4.69) is 11.0 Å². The van der Waals surface area contributed by atoms with Crippen molar-refractivity contribution in [2.24, 2.45) is 11.6 Å². The second-order valence-corrected chi connectivity index (χ2v) is 5.44. The molecule has 0 aliphatic carbocycles. The highest BCUT2D eigenvalue weighted by Gasteiger charge is 2.28. The molecule has 0 spiro atoms. The molecule has 0 aromatic heterocycles. The Morgan fingerprint density at radius 1 is 1.25 bits per heavy atom. The van der Waals surface area contributed by atoms with Gasteiger partial charge in [0.1, 0.15) is 1.41 Å². The number of hydrogen-bond donors (Lipinski definition) is 2. The summed E-state index contributed by atoms with van der Waals surface area (Å²) in [6.07, 6.45) is 0.949. The van der Waals surface area contributed by atoms with Crippen LogP contribution < -0.4 is 11.0 Å². The van der Waals surface area contributed by atoms with Crippen LogP contribution >= 0.6 is 0 Å². The predicted molar refractivity (Wildman–Crippen MR) is 80.4 cm³/mol. The van der Waals surface area contributed by atoms with E-state index in [1.807, 2.05) is 44.2 Å². The monoisotopic (exact) mass is 277 g/mol. The van der Waals surface area contributed by atoms with E-state index in [0.717, 1.165) is 5.56 Å². The Kier molecular flexibility index (Phi) is 5.89. The van der Waals surface area contributed by atoms with Gasteiger partial charge in [0.2, 0.25) is 11.6 Å². The quantitative estimate of drug-likeness (QED) is 0.668. The topological polar surface area (TPSA) is 72.2 Å². The molecule has 2 atom stereocenters. The van der Waals surface area contributed by atoms with Crippen LogP contribution in [0.15, 0.2) is 30.3 Å². The first-order chi connectivity index (χ1) is 9.99. The highest BCUT2D eigenvalue weighted by atomic mass is 16.2. The van der Waals surface area contributed by atoms with Crippen molar-refractivity contribution in [3.05, 3.63) is 35.9 Å². The highest BCUT2D eigenvalue weighted by molar-refractivity contribution is 6.41. The summed E-state index contributed by atoms with van der Waals surface area (Å²) in [5.41, 5.74) is 3.14. The van der Waals surface area contributed by atoms with Crippen LogP contribution in [-0.4, -0.2) is 30.7 Å². The molecule has 0 bridgehead atoms. The van der Waals surface area contributed by atoms with Gasteiger partial charge < -0.3 is 11.0 Å². The van der Waals surface area contributed by atoms with Crippen molar-refractivity contribution >= 4 is 11.6 Å². The van der Waals surface area contributed by atoms with Gasteiger partial charge in [-0.3, -0.25) is 9.59 Å². The second-order valence-electron chi connectivity index (χ2n) is 5.44. The maximum atomic E-state index is 12.3. The summed E-state index contributed by atoms with van der Waals surface area (Å²) in [7, 11) is 1.68. The maximum absolute atomic E-state index is 12.3. The van der Waals surface area contributed by atoms with E-state index in [0.29, 0.717) is 18.8 Å². The molecule has 0 unspecified atom stereocenters. The molecule has 1 rings (SSSR count). The zero-order valence-electron chi connectivity index (χ0n) is 13.3. The summed E-state index contributed by atoms with van der Waals surface area (Å²) >= 11 is 0. The van der Waals surface area contributed by atoms with Crippen LogP contribution in [0.2, 0.25) is 1.41 Å². The molecule has 4 nitrogen and oxygen atoms in total. The molecule has 3 N–H and O–H groups in total. The van der Waals surface area contributed by atoms with Crippen LogP contribution in [0.25, 0.3) is 0 Å². The van der Waals surface area contributed by atoms with E-state index in [4.69, 9.17) is 1.41 Å². The van der Waals surface area contributed by atoms with Crippen LogP contribution in [0.5, 0.6) is 0 Å². The van der Waals surface area contributed by atoms with Gasteiger partial charge in [0.05, 0.1) is 12.1 Å². The van der Waals surface area contributed by atoms with Crippen LogP contribution in [0.1, 0.15) is 25.8 Å². The van der Waals surface area contributed by atoms with Gasteiger partial charge in [-0.05, 0) is 31.4 Å². The van der Waals surface area contributed by atoms with Gasteiger partial charge in [0, 0.05) is 0 Å². The number of ketones is 2. The Morgan fingerprint density at radius 2 is 1.90 bits per heavy atom. The lowest BCUT2D eigenvalue weighted by Gasteiger charge is -2.18. The highest BCUT2D eigenvalue weighted by Crippen LogP contribution is 2.08. The average Bonchev–Trinajstić information content (AvgIpc) is 2.49. The molecule has 0 saturated heterocycles. The number of benzene rings is 1. The van der Waals surface area contributed by atoms with E-state index in [-0.39, 0.29) is 0 Å². The minimum Gasteiger partial charge on any atom is -0.321 e. The lowest BCUT2D eigenvalue weighted by molar-refractivity contribution is -0.138. The van der Waals surface area contributed by atoms with Gasteiger partial charge >= 0.3 is 0 Å². The van der Waals surface area contributed by atoms with Gasteiger partial charge in [0.15, 0.2) is 0 Å². The number of nitrogens with two attached hydrogens (primary N) is 1. The van der Waals surface area contributed by atoms with Gasteiger partial charge in [-0.2, -0.15) is 0 Å². The molecule has 1 aromatic carbocycles. The number of carbonyl (C=O) groups is 2. The van der Waals surface area contributed by atoms with Crippen molar-refractivity contribution in [3.8, 4) is 0 Å². The summed E-state index contributed by atoms with van der Waals surface area (Å²) in [5.74, 6) is -0.670. The van der Waals surface area contributed by atoms with E-state index < -0.39 is 23.7 Å². The van der Waals surface area contributed by atoms with E-state index in [1.165, 1.54) is 0 Å². The van der Waals surface area contributed by atoms with Crippen molar-refractivity contribution < 1.29 is 11.0 Å². The Morgan fingerprint density at radius 3 is 2.40 bits per heavy atom.